The summed E-state index contributed by atoms with van der Waals surface area (Å²) in [6.45, 7) is 4.26. The molecule has 24 heavy (non-hydrogen) atoms. The number of carbonyl (C=O) groups is 1. The number of nitrogens with one attached hydrogen (secondary N) is 1. The lowest BCUT2D eigenvalue weighted by Crippen LogP contribution is -2.44. The molecule has 134 valence electrons. The molecule has 2 heterocycles. The van der Waals surface area contributed by atoms with Crippen LogP contribution in [-0.4, -0.2) is 49.7 Å². The van der Waals surface area contributed by atoms with Gasteiger partial charge in [-0.2, -0.15) is 0 Å². The Kier molecular flexibility index (Phi) is 8.03. The molecular formula is C19H29ClN2O2. The van der Waals surface area contributed by atoms with Crippen LogP contribution in [0.15, 0.2) is 30.3 Å². The van der Waals surface area contributed by atoms with Crippen LogP contribution in [0.3, 0.4) is 0 Å². The molecule has 5 heteroatoms. The molecule has 2 saturated heterocycles. The number of rotatable bonds is 5. The van der Waals surface area contributed by atoms with E-state index in [2.05, 4.69) is 35.6 Å². The summed E-state index contributed by atoms with van der Waals surface area (Å²) in [4.78, 5) is 14.4. The van der Waals surface area contributed by atoms with Crippen LogP contribution in [0.25, 0.3) is 0 Å². The highest BCUT2D eigenvalue weighted by molar-refractivity contribution is 5.85. The van der Waals surface area contributed by atoms with Crippen molar-refractivity contribution in [3.8, 4) is 0 Å². The zero-order valence-corrected chi connectivity index (χ0v) is 15.1. The summed E-state index contributed by atoms with van der Waals surface area (Å²) in [6.07, 6.45) is 5.27. The van der Waals surface area contributed by atoms with Crippen LogP contribution in [0.2, 0.25) is 0 Å². The Balaban J connectivity index is 0.00000208. The number of ether oxygens (including phenoxy) is 1. The van der Waals surface area contributed by atoms with Gasteiger partial charge in [0, 0.05) is 26.2 Å². The van der Waals surface area contributed by atoms with Crippen LogP contribution >= 0.6 is 12.4 Å². The van der Waals surface area contributed by atoms with Crippen molar-refractivity contribution in [1.29, 1.82) is 0 Å². The van der Waals surface area contributed by atoms with Crippen molar-refractivity contribution in [1.82, 2.24) is 10.2 Å². The number of halogens is 1. The lowest BCUT2D eigenvalue weighted by Gasteiger charge is -2.33. The molecule has 4 nitrogen and oxygen atoms in total. The first-order valence-electron chi connectivity index (χ1n) is 8.95. The lowest BCUT2D eigenvalue weighted by atomic mass is 9.90. The Bertz CT molecular complexity index is 483. The summed E-state index contributed by atoms with van der Waals surface area (Å²) in [7, 11) is 0. The van der Waals surface area contributed by atoms with Gasteiger partial charge in [0.2, 0.25) is 5.91 Å². The van der Waals surface area contributed by atoms with E-state index < -0.39 is 0 Å². The third-order valence-electron chi connectivity index (χ3n) is 5.06. The summed E-state index contributed by atoms with van der Waals surface area (Å²) >= 11 is 0. The second-order valence-electron chi connectivity index (χ2n) is 6.75. The number of morpholine rings is 1. The summed E-state index contributed by atoms with van der Waals surface area (Å²) in [5.74, 6) is 1.02. The highest BCUT2D eigenvalue weighted by Crippen LogP contribution is 2.23. The topological polar surface area (TPSA) is 41.6 Å². The molecule has 2 aliphatic heterocycles. The minimum atomic E-state index is 0. The van der Waals surface area contributed by atoms with Gasteiger partial charge in [-0.3, -0.25) is 4.79 Å². The van der Waals surface area contributed by atoms with E-state index in [1.165, 1.54) is 12.0 Å². The van der Waals surface area contributed by atoms with Crippen molar-refractivity contribution in [3.05, 3.63) is 35.9 Å². The van der Waals surface area contributed by atoms with Crippen molar-refractivity contribution < 1.29 is 9.53 Å². The molecule has 0 aromatic heterocycles. The van der Waals surface area contributed by atoms with Crippen LogP contribution < -0.4 is 5.32 Å². The maximum absolute atomic E-state index is 12.4. The number of hydrogen-bond donors (Lipinski definition) is 1. The molecule has 0 saturated carbocycles. The standard InChI is InChI=1S/C19H28N2O2.ClH/c22-19(14-18-15-20-10-13-23-18)21-11-8-17(9-12-21)7-6-16-4-2-1-3-5-16;/h1-5,17-18,20H,6-15H2;1H. The monoisotopic (exact) mass is 352 g/mol. The lowest BCUT2D eigenvalue weighted by molar-refractivity contribution is -0.136. The molecule has 1 atom stereocenters. The summed E-state index contributed by atoms with van der Waals surface area (Å²) < 4.78 is 5.64. The zero-order valence-electron chi connectivity index (χ0n) is 14.3. The number of benzene rings is 1. The van der Waals surface area contributed by atoms with E-state index in [-0.39, 0.29) is 24.4 Å². The van der Waals surface area contributed by atoms with Crippen LogP contribution in [0, 0.1) is 5.92 Å². The molecule has 0 radical (unpaired) electrons. The molecule has 1 aromatic carbocycles. The number of nitrogens with zero attached hydrogens (tertiary/aromatic N) is 1. The Labute approximate surface area is 151 Å². The largest absolute Gasteiger partial charge is 0.375 e. The van der Waals surface area contributed by atoms with Gasteiger partial charge in [0.1, 0.15) is 0 Å². The van der Waals surface area contributed by atoms with Gasteiger partial charge in [0.05, 0.1) is 19.1 Å². The maximum atomic E-state index is 12.4. The first kappa shape index (κ1) is 19.2. The number of aryl methyl sites for hydroxylation is 1. The van der Waals surface area contributed by atoms with E-state index in [4.69, 9.17) is 4.74 Å². The van der Waals surface area contributed by atoms with Gasteiger partial charge < -0.3 is 15.0 Å². The van der Waals surface area contributed by atoms with Crippen LogP contribution in [0.4, 0.5) is 0 Å². The fraction of sp³-hybridized carbons (Fsp3) is 0.632. The van der Waals surface area contributed by atoms with Crippen molar-refractivity contribution in [2.75, 3.05) is 32.8 Å². The SMILES string of the molecule is Cl.O=C(CC1CNCCO1)N1CCC(CCc2ccccc2)CC1. The number of likely N-dealkylation sites (tertiary alicyclic amines) is 1. The maximum Gasteiger partial charge on any atom is 0.225 e. The van der Waals surface area contributed by atoms with Crippen LogP contribution in [0.5, 0.6) is 0 Å². The van der Waals surface area contributed by atoms with Crippen molar-refractivity contribution >= 4 is 18.3 Å². The Morgan fingerprint density at radius 1 is 1.21 bits per heavy atom. The van der Waals surface area contributed by atoms with Crippen LogP contribution in [-0.2, 0) is 16.0 Å². The Morgan fingerprint density at radius 2 is 1.96 bits per heavy atom. The molecule has 1 N–H and O–H groups in total. The average molecular weight is 353 g/mol. The molecule has 1 amide bonds. The normalized spacial score (nSPS) is 22.0. The molecule has 0 bridgehead atoms. The average Bonchev–Trinajstić information content (AvgIpc) is 2.62. The third kappa shape index (κ3) is 5.76. The number of carbonyl (C=O) groups excluding carboxylic acids is 1. The van der Waals surface area contributed by atoms with E-state index in [1.54, 1.807) is 0 Å². The van der Waals surface area contributed by atoms with Crippen LogP contribution in [0.1, 0.15) is 31.2 Å². The van der Waals surface area contributed by atoms with Crippen molar-refractivity contribution in [2.45, 2.75) is 38.2 Å². The van der Waals surface area contributed by atoms with Gasteiger partial charge >= 0.3 is 0 Å². The smallest absolute Gasteiger partial charge is 0.225 e. The molecule has 0 aliphatic carbocycles. The van der Waals surface area contributed by atoms with Gasteiger partial charge in [-0.1, -0.05) is 30.3 Å². The number of amides is 1. The quantitative estimate of drug-likeness (QED) is 0.885. The molecule has 0 spiro atoms. The number of hydrogen-bond acceptors (Lipinski definition) is 3. The molecule has 2 fully saturated rings. The van der Waals surface area contributed by atoms with Gasteiger partial charge in [-0.15, -0.1) is 12.4 Å². The van der Waals surface area contributed by atoms with Crippen molar-refractivity contribution in [2.24, 2.45) is 5.92 Å². The summed E-state index contributed by atoms with van der Waals surface area (Å²) in [5, 5.41) is 3.29. The van der Waals surface area contributed by atoms with Crippen molar-refractivity contribution in [3.63, 3.8) is 0 Å². The van der Waals surface area contributed by atoms with Gasteiger partial charge in [-0.05, 0) is 37.2 Å². The van der Waals surface area contributed by atoms with Gasteiger partial charge in [0.15, 0.2) is 0 Å². The fourth-order valence-corrected chi connectivity index (χ4v) is 3.56. The molecular weight excluding hydrogens is 324 g/mol. The predicted molar refractivity (Wildman–Crippen MR) is 98.5 cm³/mol. The van der Waals surface area contributed by atoms with Gasteiger partial charge in [0.25, 0.3) is 0 Å². The van der Waals surface area contributed by atoms with E-state index in [0.717, 1.165) is 58.0 Å². The zero-order chi connectivity index (χ0) is 15.9. The minimum absolute atomic E-state index is 0. The van der Waals surface area contributed by atoms with E-state index in [0.29, 0.717) is 6.42 Å². The van der Waals surface area contributed by atoms with E-state index in [9.17, 15) is 4.79 Å². The summed E-state index contributed by atoms with van der Waals surface area (Å²) in [6, 6.07) is 10.7. The Morgan fingerprint density at radius 3 is 2.62 bits per heavy atom. The second-order valence-corrected chi connectivity index (χ2v) is 6.75. The predicted octanol–water partition coefficient (Wildman–Crippen LogP) is 2.66. The highest BCUT2D eigenvalue weighted by Gasteiger charge is 2.25. The fourth-order valence-electron chi connectivity index (χ4n) is 3.56. The van der Waals surface area contributed by atoms with E-state index >= 15 is 0 Å². The van der Waals surface area contributed by atoms with Gasteiger partial charge in [-0.25, -0.2) is 0 Å². The third-order valence-corrected chi connectivity index (χ3v) is 5.06. The molecule has 1 aromatic rings. The first-order chi connectivity index (χ1) is 11.3. The summed E-state index contributed by atoms with van der Waals surface area (Å²) in [5.41, 5.74) is 1.42. The second kappa shape index (κ2) is 10.0. The minimum Gasteiger partial charge on any atom is -0.375 e. The number of piperidine rings is 1. The molecule has 3 rings (SSSR count). The first-order valence-corrected chi connectivity index (χ1v) is 8.95. The molecule has 1 unspecified atom stereocenters. The Hall–Kier alpha value is -1.10. The highest BCUT2D eigenvalue weighted by atomic mass is 35.5. The van der Waals surface area contributed by atoms with E-state index in [1.807, 2.05) is 4.90 Å². The molecule has 2 aliphatic rings.